The van der Waals surface area contributed by atoms with Gasteiger partial charge in [0.15, 0.2) is 4.77 Å². The van der Waals surface area contributed by atoms with Crippen molar-refractivity contribution in [3.05, 3.63) is 62.8 Å². The molecule has 1 N–H and O–H groups in total. The topological polar surface area (TPSA) is 20.7 Å². The van der Waals surface area contributed by atoms with Gasteiger partial charge in [-0.15, -0.1) is 0 Å². The number of para-hydroxylation sites is 1. The number of aryl methyl sites for hydroxylation is 1. The molecule has 0 aliphatic carbocycles. The number of aromatic nitrogens is 2. The van der Waals surface area contributed by atoms with E-state index in [1.165, 1.54) is 11.1 Å². The van der Waals surface area contributed by atoms with Gasteiger partial charge in [0.05, 0.1) is 17.6 Å². The number of hydrogen-bond acceptors (Lipinski definition) is 1. The molecule has 0 atom stereocenters. The van der Waals surface area contributed by atoms with Crippen LogP contribution in [0.15, 0.2) is 46.9 Å². The van der Waals surface area contributed by atoms with E-state index in [0.29, 0.717) is 0 Å². The van der Waals surface area contributed by atoms with E-state index in [-0.39, 0.29) is 0 Å². The van der Waals surface area contributed by atoms with Crippen LogP contribution in [0.3, 0.4) is 0 Å². The van der Waals surface area contributed by atoms with Gasteiger partial charge in [0.1, 0.15) is 0 Å². The van der Waals surface area contributed by atoms with E-state index in [0.717, 1.165) is 26.8 Å². The van der Waals surface area contributed by atoms with Gasteiger partial charge < -0.3 is 9.55 Å². The monoisotopic (exact) mass is 332 g/mol. The van der Waals surface area contributed by atoms with Crippen molar-refractivity contribution in [3.8, 4) is 0 Å². The lowest BCUT2D eigenvalue weighted by molar-refractivity contribution is 0.807. The highest BCUT2D eigenvalue weighted by atomic mass is 79.9. The van der Waals surface area contributed by atoms with Crippen LogP contribution in [0, 0.1) is 11.7 Å². The first-order valence-electron chi connectivity index (χ1n) is 6.08. The van der Waals surface area contributed by atoms with Crippen LogP contribution in [0.25, 0.3) is 11.0 Å². The van der Waals surface area contributed by atoms with Gasteiger partial charge in [-0.25, -0.2) is 0 Å². The molecule has 2 nitrogen and oxygen atoms in total. The Morgan fingerprint density at radius 2 is 1.95 bits per heavy atom. The van der Waals surface area contributed by atoms with Crippen LogP contribution in [0.5, 0.6) is 0 Å². The van der Waals surface area contributed by atoms with Crippen LogP contribution in [-0.2, 0) is 6.54 Å². The molecule has 1 heterocycles. The third kappa shape index (κ3) is 2.26. The van der Waals surface area contributed by atoms with Crippen LogP contribution >= 0.6 is 28.1 Å². The molecule has 3 aromatic rings. The van der Waals surface area contributed by atoms with E-state index < -0.39 is 0 Å². The first-order chi connectivity index (χ1) is 9.16. The van der Waals surface area contributed by atoms with Gasteiger partial charge >= 0.3 is 0 Å². The van der Waals surface area contributed by atoms with E-state index in [9.17, 15) is 0 Å². The Kier molecular flexibility index (Phi) is 3.29. The molecule has 1 aromatic heterocycles. The summed E-state index contributed by atoms with van der Waals surface area (Å²) < 4.78 is 4.01. The Labute approximate surface area is 125 Å². The Bertz CT molecular complexity index is 801. The molecule has 0 amide bonds. The van der Waals surface area contributed by atoms with Gasteiger partial charge in [0, 0.05) is 4.47 Å². The zero-order chi connectivity index (χ0) is 13.4. The molecule has 0 bridgehead atoms. The van der Waals surface area contributed by atoms with Gasteiger partial charge in [-0.3, -0.25) is 0 Å². The minimum Gasteiger partial charge on any atom is -0.330 e. The van der Waals surface area contributed by atoms with Gasteiger partial charge in [-0.2, -0.15) is 0 Å². The average Bonchev–Trinajstić information content (AvgIpc) is 2.71. The quantitative estimate of drug-likeness (QED) is 0.667. The maximum absolute atomic E-state index is 5.45. The van der Waals surface area contributed by atoms with Crippen molar-refractivity contribution in [1.82, 2.24) is 9.55 Å². The fraction of sp³-hybridized carbons (Fsp3) is 0.133. The molecular weight excluding hydrogens is 320 g/mol. The average molecular weight is 333 g/mol. The zero-order valence-corrected chi connectivity index (χ0v) is 12.9. The Hall–Kier alpha value is -1.39. The number of nitrogens with one attached hydrogen (secondary N) is 1. The van der Waals surface area contributed by atoms with Crippen LogP contribution < -0.4 is 0 Å². The molecule has 0 fully saturated rings. The van der Waals surface area contributed by atoms with Crippen molar-refractivity contribution in [2.24, 2.45) is 0 Å². The lowest BCUT2D eigenvalue weighted by atomic mass is 10.2. The molecule has 0 aliphatic rings. The number of imidazole rings is 1. The molecule has 96 valence electrons. The maximum Gasteiger partial charge on any atom is 0.178 e. The number of fused-ring (bicyclic) bond motifs is 1. The number of hydrogen-bond donors (Lipinski definition) is 1. The summed E-state index contributed by atoms with van der Waals surface area (Å²) in [5.41, 5.74) is 4.72. The first kappa shape index (κ1) is 12.6. The number of rotatable bonds is 2. The van der Waals surface area contributed by atoms with Crippen molar-refractivity contribution >= 4 is 39.2 Å². The van der Waals surface area contributed by atoms with Crippen LogP contribution in [0.1, 0.15) is 11.1 Å². The number of H-pyrrole nitrogens is 1. The number of benzene rings is 2. The smallest absolute Gasteiger partial charge is 0.178 e. The summed E-state index contributed by atoms with van der Waals surface area (Å²) in [7, 11) is 0. The molecular formula is C15H13BrN2S. The van der Waals surface area contributed by atoms with E-state index in [4.69, 9.17) is 12.2 Å². The lowest BCUT2D eigenvalue weighted by Crippen LogP contribution is -2.00. The molecule has 3 rings (SSSR count). The van der Waals surface area contributed by atoms with Crippen molar-refractivity contribution in [1.29, 1.82) is 0 Å². The Morgan fingerprint density at radius 1 is 1.16 bits per heavy atom. The normalized spacial score (nSPS) is 11.1. The molecule has 0 saturated heterocycles. The second-order valence-corrected chi connectivity index (χ2v) is 5.82. The van der Waals surface area contributed by atoms with Gasteiger partial charge in [0.2, 0.25) is 0 Å². The molecule has 2 aromatic carbocycles. The standard InChI is InChI=1S/C15H13BrN2S/c1-10-5-4-8-13-14(10)17-15(19)18(13)9-11-6-2-3-7-12(11)16/h2-8H,9H2,1H3,(H,17,19). The van der Waals surface area contributed by atoms with Crippen LogP contribution in [0.4, 0.5) is 0 Å². The number of halogens is 1. The summed E-state index contributed by atoms with van der Waals surface area (Å²) in [5.74, 6) is 0. The molecule has 4 heteroatoms. The summed E-state index contributed by atoms with van der Waals surface area (Å²) in [6.07, 6.45) is 0. The number of nitrogens with zero attached hydrogens (tertiary/aromatic N) is 1. The van der Waals surface area contributed by atoms with E-state index >= 15 is 0 Å². The predicted molar refractivity (Wildman–Crippen MR) is 85.1 cm³/mol. The molecule has 0 aliphatic heterocycles. The Morgan fingerprint density at radius 3 is 2.74 bits per heavy atom. The minimum absolute atomic E-state index is 0.764. The summed E-state index contributed by atoms with van der Waals surface area (Å²) in [6.45, 7) is 2.86. The predicted octanol–water partition coefficient (Wildman–Crippen LogP) is 4.82. The van der Waals surface area contributed by atoms with Gasteiger partial charge in [-0.05, 0) is 42.4 Å². The highest BCUT2D eigenvalue weighted by Gasteiger charge is 2.07. The highest BCUT2D eigenvalue weighted by Crippen LogP contribution is 2.22. The third-order valence-electron chi connectivity index (χ3n) is 3.30. The summed E-state index contributed by atoms with van der Waals surface area (Å²) in [5, 5.41) is 0. The highest BCUT2D eigenvalue weighted by molar-refractivity contribution is 9.10. The first-order valence-corrected chi connectivity index (χ1v) is 7.28. The molecule has 0 saturated carbocycles. The van der Waals surface area contributed by atoms with Crippen molar-refractivity contribution < 1.29 is 0 Å². The van der Waals surface area contributed by atoms with Crippen molar-refractivity contribution in [2.45, 2.75) is 13.5 Å². The Balaban J connectivity index is 2.16. The van der Waals surface area contributed by atoms with Gasteiger partial charge in [-0.1, -0.05) is 46.3 Å². The second-order valence-electron chi connectivity index (χ2n) is 4.58. The van der Waals surface area contributed by atoms with E-state index in [1.807, 2.05) is 12.1 Å². The van der Waals surface area contributed by atoms with Crippen molar-refractivity contribution in [2.75, 3.05) is 0 Å². The van der Waals surface area contributed by atoms with E-state index in [2.05, 4.69) is 62.7 Å². The van der Waals surface area contributed by atoms with Crippen LogP contribution in [0.2, 0.25) is 0 Å². The second kappa shape index (κ2) is 4.94. The fourth-order valence-corrected chi connectivity index (χ4v) is 2.95. The summed E-state index contributed by atoms with van der Waals surface area (Å²) in [4.78, 5) is 3.30. The number of aromatic amines is 1. The molecule has 0 radical (unpaired) electrons. The third-order valence-corrected chi connectivity index (χ3v) is 4.40. The largest absolute Gasteiger partial charge is 0.330 e. The minimum atomic E-state index is 0.764. The zero-order valence-electron chi connectivity index (χ0n) is 10.5. The molecule has 0 unspecified atom stereocenters. The fourth-order valence-electron chi connectivity index (χ4n) is 2.28. The lowest BCUT2D eigenvalue weighted by Gasteiger charge is -2.07. The summed E-state index contributed by atoms with van der Waals surface area (Å²) in [6, 6.07) is 14.5. The molecule has 0 spiro atoms. The van der Waals surface area contributed by atoms with Crippen LogP contribution in [-0.4, -0.2) is 9.55 Å². The SMILES string of the molecule is Cc1cccc2c1[nH]c(=S)n2Cc1ccccc1Br. The van der Waals surface area contributed by atoms with Gasteiger partial charge in [0.25, 0.3) is 0 Å². The van der Waals surface area contributed by atoms with Crippen molar-refractivity contribution in [3.63, 3.8) is 0 Å². The maximum atomic E-state index is 5.45. The van der Waals surface area contributed by atoms with E-state index in [1.54, 1.807) is 0 Å². The molecule has 19 heavy (non-hydrogen) atoms. The summed E-state index contributed by atoms with van der Waals surface area (Å²) >= 11 is 9.03.